The first-order valence-corrected chi connectivity index (χ1v) is 12.4. The highest BCUT2D eigenvalue weighted by atomic mass is 79.9. The lowest BCUT2D eigenvalue weighted by atomic mass is 9.71. The van der Waals surface area contributed by atoms with Crippen LogP contribution in [0.15, 0.2) is 18.2 Å². The van der Waals surface area contributed by atoms with Crippen LogP contribution in [0.4, 0.5) is 5.69 Å². The van der Waals surface area contributed by atoms with Crippen LogP contribution >= 0.6 is 39.3 Å². The van der Waals surface area contributed by atoms with E-state index in [1.807, 2.05) is 13.0 Å². The molecule has 1 spiro atoms. The minimum Gasteiger partial charge on any atom is -0.466 e. The summed E-state index contributed by atoms with van der Waals surface area (Å²) in [6.45, 7) is 3.54. The third kappa shape index (κ3) is 3.48. The van der Waals surface area contributed by atoms with Gasteiger partial charge in [-0.25, -0.2) is 0 Å². The summed E-state index contributed by atoms with van der Waals surface area (Å²) in [6.07, 6.45) is 0.566. The van der Waals surface area contributed by atoms with E-state index in [4.69, 9.17) is 16.3 Å². The van der Waals surface area contributed by atoms with E-state index in [-0.39, 0.29) is 41.6 Å². The molecule has 6 atom stereocenters. The number of carbonyl (C=O) groups excluding carboxylic acids is 3. The molecule has 1 aromatic rings. The van der Waals surface area contributed by atoms with Crippen molar-refractivity contribution in [2.24, 2.45) is 11.8 Å². The van der Waals surface area contributed by atoms with Gasteiger partial charge in [-0.3, -0.25) is 14.4 Å². The molecular formula is C21H24BrClN2O5S. The molecule has 10 heteroatoms. The van der Waals surface area contributed by atoms with Crippen LogP contribution < -0.4 is 5.32 Å². The van der Waals surface area contributed by atoms with E-state index in [0.29, 0.717) is 17.1 Å². The quantitative estimate of drug-likeness (QED) is 0.433. The molecule has 0 aromatic heterocycles. The summed E-state index contributed by atoms with van der Waals surface area (Å²) in [7, 11) is 0. The standard InChI is InChI=1S/C21H24BrClN2O5S/c1-3-30-20(29)13-14-19(28)25(7-8-26)17(21(14)9-11(22)16(13)31-21)18(27)24-15-10(2)5-4-6-12(15)23/h4-6,11,13-14,16-17,26H,3,7-9H2,1-2H3,(H,24,27)/t11?,13-,14+,16-,17?,21?/m1/s1. The van der Waals surface area contributed by atoms with Crippen molar-refractivity contribution in [3.05, 3.63) is 28.8 Å². The van der Waals surface area contributed by atoms with Gasteiger partial charge in [0, 0.05) is 16.6 Å². The van der Waals surface area contributed by atoms with Gasteiger partial charge in [0.15, 0.2) is 0 Å². The van der Waals surface area contributed by atoms with E-state index < -0.39 is 28.6 Å². The normalized spacial score (nSPS) is 33.5. The Morgan fingerprint density at radius 2 is 2.19 bits per heavy atom. The lowest BCUT2D eigenvalue weighted by Crippen LogP contribution is -2.52. The molecule has 1 aromatic carbocycles. The second-order valence-electron chi connectivity index (χ2n) is 8.09. The van der Waals surface area contributed by atoms with Gasteiger partial charge < -0.3 is 20.1 Å². The predicted octanol–water partition coefficient (Wildman–Crippen LogP) is 2.61. The molecule has 2 bridgehead atoms. The molecule has 2 amide bonds. The number of benzene rings is 1. The second kappa shape index (κ2) is 8.57. The van der Waals surface area contributed by atoms with Gasteiger partial charge in [-0.2, -0.15) is 0 Å². The van der Waals surface area contributed by atoms with Crippen molar-refractivity contribution in [1.82, 2.24) is 4.90 Å². The summed E-state index contributed by atoms with van der Waals surface area (Å²) in [5, 5.41) is 12.8. The maximum atomic E-state index is 13.6. The number of rotatable bonds is 6. The SMILES string of the molecule is CCOC(=O)[C@H]1[C@@H]2SC3(CC2Br)C(C(=O)Nc2c(C)cccc2Cl)N(CCO)C(=O)[C@H]13. The number of esters is 1. The second-order valence-corrected chi connectivity index (χ2v) is 11.2. The van der Waals surface area contributed by atoms with Crippen LogP contribution in [0.1, 0.15) is 18.9 Å². The van der Waals surface area contributed by atoms with Gasteiger partial charge in [-0.15, -0.1) is 11.8 Å². The molecular weight excluding hydrogens is 508 g/mol. The maximum Gasteiger partial charge on any atom is 0.310 e. The predicted molar refractivity (Wildman–Crippen MR) is 122 cm³/mol. The fraction of sp³-hybridized carbons (Fsp3) is 0.571. The number of aliphatic hydroxyl groups excluding tert-OH is 1. The zero-order chi connectivity index (χ0) is 22.5. The van der Waals surface area contributed by atoms with Gasteiger partial charge >= 0.3 is 5.97 Å². The maximum absolute atomic E-state index is 13.6. The van der Waals surface area contributed by atoms with Gasteiger partial charge in [-0.1, -0.05) is 39.7 Å². The number of likely N-dealkylation sites (tertiary alicyclic amines) is 1. The van der Waals surface area contributed by atoms with Crippen LogP contribution in [0.3, 0.4) is 0 Å². The smallest absolute Gasteiger partial charge is 0.310 e. The first kappa shape index (κ1) is 22.9. The summed E-state index contributed by atoms with van der Waals surface area (Å²) in [6, 6.07) is 4.50. The molecule has 31 heavy (non-hydrogen) atoms. The zero-order valence-corrected chi connectivity index (χ0v) is 20.3. The molecule has 3 aliphatic rings. The van der Waals surface area contributed by atoms with Gasteiger partial charge in [-0.05, 0) is 31.9 Å². The van der Waals surface area contributed by atoms with Crippen LogP contribution in [-0.2, 0) is 19.1 Å². The number of anilines is 1. The fourth-order valence-corrected chi connectivity index (χ4v) is 9.14. The summed E-state index contributed by atoms with van der Waals surface area (Å²) in [5.41, 5.74) is 1.30. The highest BCUT2D eigenvalue weighted by Crippen LogP contribution is 2.67. The van der Waals surface area contributed by atoms with Crippen LogP contribution in [0.25, 0.3) is 0 Å². The largest absolute Gasteiger partial charge is 0.466 e. The van der Waals surface area contributed by atoms with Crippen LogP contribution in [0.2, 0.25) is 5.02 Å². The number of ether oxygens (including phenoxy) is 1. The third-order valence-electron chi connectivity index (χ3n) is 6.41. The average molecular weight is 532 g/mol. The van der Waals surface area contributed by atoms with Crippen molar-refractivity contribution in [3.63, 3.8) is 0 Å². The Hall–Kier alpha value is -1.29. The number of fused-ring (bicyclic) bond motifs is 1. The molecule has 3 unspecified atom stereocenters. The van der Waals surface area contributed by atoms with Crippen molar-refractivity contribution in [1.29, 1.82) is 0 Å². The zero-order valence-electron chi connectivity index (χ0n) is 17.1. The molecule has 0 saturated carbocycles. The number of hydrogen-bond acceptors (Lipinski definition) is 6. The Kier molecular flexibility index (Phi) is 6.33. The fourth-order valence-electron chi connectivity index (χ4n) is 5.27. The number of carbonyl (C=O) groups is 3. The molecule has 0 aliphatic carbocycles. The number of aliphatic hydroxyl groups is 1. The summed E-state index contributed by atoms with van der Waals surface area (Å²) < 4.78 is 4.51. The highest BCUT2D eigenvalue weighted by molar-refractivity contribution is 9.09. The topological polar surface area (TPSA) is 95.9 Å². The van der Waals surface area contributed by atoms with E-state index in [1.54, 1.807) is 19.1 Å². The Labute approximate surface area is 198 Å². The number of alkyl halides is 1. The number of aryl methyl sites for hydroxylation is 1. The van der Waals surface area contributed by atoms with Gasteiger partial charge in [0.25, 0.3) is 0 Å². The van der Waals surface area contributed by atoms with E-state index in [9.17, 15) is 19.5 Å². The number of para-hydroxylation sites is 1. The Morgan fingerprint density at radius 3 is 2.84 bits per heavy atom. The lowest BCUT2D eigenvalue weighted by Gasteiger charge is -2.35. The Morgan fingerprint density at radius 1 is 1.45 bits per heavy atom. The molecule has 2 N–H and O–H groups in total. The molecule has 3 saturated heterocycles. The van der Waals surface area contributed by atoms with Crippen molar-refractivity contribution in [2.45, 2.75) is 41.1 Å². The van der Waals surface area contributed by atoms with Crippen molar-refractivity contribution < 1.29 is 24.2 Å². The first-order valence-electron chi connectivity index (χ1n) is 10.2. The summed E-state index contributed by atoms with van der Waals surface area (Å²) in [5.74, 6) is -2.34. The summed E-state index contributed by atoms with van der Waals surface area (Å²) in [4.78, 5) is 41.2. The van der Waals surface area contributed by atoms with Crippen molar-refractivity contribution in [2.75, 3.05) is 25.1 Å². The van der Waals surface area contributed by atoms with Gasteiger partial charge in [0.05, 0.1) is 40.5 Å². The van der Waals surface area contributed by atoms with Crippen molar-refractivity contribution in [3.8, 4) is 0 Å². The third-order valence-corrected chi connectivity index (χ3v) is 9.94. The summed E-state index contributed by atoms with van der Waals surface area (Å²) >= 11 is 11.5. The van der Waals surface area contributed by atoms with E-state index >= 15 is 0 Å². The molecule has 3 fully saturated rings. The molecule has 3 heterocycles. The van der Waals surface area contributed by atoms with Crippen LogP contribution in [-0.4, -0.2) is 68.4 Å². The number of β-amino-alcohol motifs (C(OH)–C–C–N with tert-alkyl or cyclic N) is 1. The van der Waals surface area contributed by atoms with Gasteiger partial charge in [0.2, 0.25) is 11.8 Å². The van der Waals surface area contributed by atoms with Crippen LogP contribution in [0, 0.1) is 18.8 Å². The number of amides is 2. The molecule has 7 nitrogen and oxygen atoms in total. The number of halogens is 2. The van der Waals surface area contributed by atoms with E-state index in [1.165, 1.54) is 16.7 Å². The number of hydrogen-bond donors (Lipinski definition) is 2. The Balaban J connectivity index is 1.74. The Bertz CT molecular complexity index is 913. The minimum atomic E-state index is -0.831. The lowest BCUT2D eigenvalue weighted by molar-refractivity contribution is -0.153. The first-order chi connectivity index (χ1) is 14.8. The van der Waals surface area contributed by atoms with Gasteiger partial charge in [0.1, 0.15) is 6.04 Å². The number of nitrogens with zero attached hydrogens (tertiary/aromatic N) is 1. The van der Waals surface area contributed by atoms with E-state index in [0.717, 1.165) is 5.56 Å². The monoisotopic (exact) mass is 530 g/mol. The molecule has 0 radical (unpaired) electrons. The molecule has 168 valence electrons. The molecule has 3 aliphatic heterocycles. The molecule has 4 rings (SSSR count). The number of nitrogens with one attached hydrogen (secondary N) is 1. The van der Waals surface area contributed by atoms with Crippen molar-refractivity contribution >= 4 is 62.8 Å². The van der Waals surface area contributed by atoms with Crippen LogP contribution in [0.5, 0.6) is 0 Å². The minimum absolute atomic E-state index is 0.0183. The highest BCUT2D eigenvalue weighted by Gasteiger charge is 2.75. The number of thioether (sulfide) groups is 1. The average Bonchev–Trinajstić information content (AvgIpc) is 3.29. The van der Waals surface area contributed by atoms with E-state index in [2.05, 4.69) is 21.2 Å².